The third-order valence-corrected chi connectivity index (χ3v) is 4.46. The van der Waals surface area contributed by atoms with Gasteiger partial charge in [0.15, 0.2) is 0 Å². The van der Waals surface area contributed by atoms with Crippen molar-refractivity contribution in [2.24, 2.45) is 11.7 Å². The minimum absolute atomic E-state index is 0.530. The maximum Gasteiger partial charge on any atom is 0.0707 e. The normalized spacial score (nSPS) is 46.2. The van der Waals surface area contributed by atoms with Crippen molar-refractivity contribution in [1.82, 2.24) is 4.90 Å². The van der Waals surface area contributed by atoms with E-state index in [1.807, 2.05) is 0 Å². The number of nitrogens with zero attached hydrogens (tertiary/aromatic N) is 1. The molecule has 2 saturated heterocycles. The van der Waals surface area contributed by atoms with Crippen LogP contribution >= 0.6 is 0 Å². The largest absolute Gasteiger partial charge is 0.372 e. The third kappa shape index (κ3) is 1.81. The summed E-state index contributed by atoms with van der Waals surface area (Å²) in [4.78, 5) is 2.68. The van der Waals surface area contributed by atoms with Crippen LogP contribution < -0.4 is 5.73 Å². The molecule has 0 aromatic carbocycles. The lowest BCUT2D eigenvalue weighted by Crippen LogP contribution is -2.50. The van der Waals surface area contributed by atoms with Crippen LogP contribution in [-0.4, -0.2) is 42.8 Å². The van der Waals surface area contributed by atoms with Crippen molar-refractivity contribution < 1.29 is 4.74 Å². The molecule has 0 spiro atoms. The van der Waals surface area contributed by atoms with E-state index in [0.717, 1.165) is 31.6 Å². The van der Waals surface area contributed by atoms with Gasteiger partial charge in [-0.1, -0.05) is 6.42 Å². The first-order valence-electron chi connectivity index (χ1n) is 6.46. The number of hydrogen-bond donors (Lipinski definition) is 1. The van der Waals surface area contributed by atoms with E-state index in [0.29, 0.717) is 12.2 Å². The average Bonchev–Trinajstić information content (AvgIpc) is 2.85. The minimum atomic E-state index is 0.530. The Labute approximate surface area is 91.9 Å². The number of hydrogen-bond acceptors (Lipinski definition) is 3. The van der Waals surface area contributed by atoms with Crippen LogP contribution in [0.1, 0.15) is 32.1 Å². The number of nitrogens with two attached hydrogens (primary N) is 1. The lowest BCUT2D eigenvalue weighted by atomic mass is 10.0. The van der Waals surface area contributed by atoms with Crippen LogP contribution in [0.3, 0.4) is 0 Å². The molecule has 3 nitrogen and oxygen atoms in total. The standard InChI is InChI=1S/C12H22N2O/c13-6-9-2-1-3-12(9)14-7-10-4-5-11(8-14)15-10/h9-12H,1-8,13H2. The fourth-order valence-electron chi connectivity index (χ4n) is 3.69. The van der Waals surface area contributed by atoms with Crippen LogP contribution in [0.5, 0.6) is 0 Å². The first-order chi connectivity index (χ1) is 7.36. The number of rotatable bonds is 2. The molecular formula is C12H22N2O. The highest BCUT2D eigenvalue weighted by atomic mass is 16.5. The summed E-state index contributed by atoms with van der Waals surface area (Å²) in [6, 6.07) is 0.766. The average molecular weight is 210 g/mol. The summed E-state index contributed by atoms with van der Waals surface area (Å²) in [6.07, 6.45) is 7.70. The number of morpholine rings is 1. The molecule has 0 aromatic heterocycles. The molecule has 1 saturated carbocycles. The predicted octanol–water partition coefficient (Wildman–Crippen LogP) is 0.977. The van der Waals surface area contributed by atoms with E-state index in [4.69, 9.17) is 10.5 Å². The molecule has 1 aliphatic carbocycles. The molecule has 86 valence electrons. The van der Waals surface area contributed by atoms with E-state index in [9.17, 15) is 0 Å². The van der Waals surface area contributed by atoms with E-state index in [1.165, 1.54) is 32.1 Å². The van der Waals surface area contributed by atoms with Gasteiger partial charge in [-0.05, 0) is 38.1 Å². The van der Waals surface area contributed by atoms with Gasteiger partial charge in [0.25, 0.3) is 0 Å². The molecule has 0 radical (unpaired) electrons. The van der Waals surface area contributed by atoms with Crippen LogP contribution in [0.15, 0.2) is 0 Å². The van der Waals surface area contributed by atoms with Crippen molar-refractivity contribution in [3.05, 3.63) is 0 Å². The van der Waals surface area contributed by atoms with Gasteiger partial charge in [-0.3, -0.25) is 4.90 Å². The highest BCUT2D eigenvalue weighted by Gasteiger charge is 2.39. The lowest BCUT2D eigenvalue weighted by Gasteiger charge is -2.38. The summed E-state index contributed by atoms with van der Waals surface area (Å²) in [5, 5.41) is 0. The van der Waals surface area contributed by atoms with E-state index in [2.05, 4.69) is 4.90 Å². The highest BCUT2D eigenvalue weighted by molar-refractivity contribution is 4.93. The Bertz CT molecular complexity index is 222. The maximum atomic E-state index is 5.88. The quantitative estimate of drug-likeness (QED) is 0.738. The van der Waals surface area contributed by atoms with Gasteiger partial charge >= 0.3 is 0 Å². The van der Waals surface area contributed by atoms with Gasteiger partial charge in [-0.25, -0.2) is 0 Å². The molecule has 2 bridgehead atoms. The zero-order chi connectivity index (χ0) is 10.3. The third-order valence-electron chi connectivity index (χ3n) is 4.46. The molecule has 3 fully saturated rings. The summed E-state index contributed by atoms with van der Waals surface area (Å²) < 4.78 is 5.88. The van der Waals surface area contributed by atoms with Gasteiger partial charge in [0.05, 0.1) is 12.2 Å². The molecule has 2 N–H and O–H groups in total. The van der Waals surface area contributed by atoms with Crippen LogP contribution in [-0.2, 0) is 4.74 Å². The van der Waals surface area contributed by atoms with E-state index >= 15 is 0 Å². The first kappa shape index (κ1) is 10.1. The Morgan fingerprint density at radius 2 is 1.80 bits per heavy atom. The number of ether oxygens (including phenoxy) is 1. The Morgan fingerprint density at radius 3 is 2.47 bits per heavy atom. The predicted molar refractivity (Wildman–Crippen MR) is 59.7 cm³/mol. The van der Waals surface area contributed by atoms with Crippen molar-refractivity contribution in [1.29, 1.82) is 0 Å². The van der Waals surface area contributed by atoms with Gasteiger partial charge in [0.1, 0.15) is 0 Å². The maximum absolute atomic E-state index is 5.88. The molecule has 2 heterocycles. The van der Waals surface area contributed by atoms with Gasteiger partial charge in [-0.15, -0.1) is 0 Å². The van der Waals surface area contributed by atoms with Crippen LogP contribution in [0.2, 0.25) is 0 Å². The van der Waals surface area contributed by atoms with Crippen molar-refractivity contribution >= 4 is 0 Å². The molecule has 2 aliphatic heterocycles. The smallest absolute Gasteiger partial charge is 0.0707 e. The van der Waals surface area contributed by atoms with Gasteiger partial charge in [0, 0.05) is 19.1 Å². The zero-order valence-corrected chi connectivity index (χ0v) is 9.40. The monoisotopic (exact) mass is 210 g/mol. The summed E-state index contributed by atoms with van der Waals surface area (Å²) in [5.74, 6) is 0.752. The molecule has 3 aliphatic rings. The summed E-state index contributed by atoms with van der Waals surface area (Å²) in [7, 11) is 0. The molecule has 0 aromatic rings. The van der Waals surface area contributed by atoms with Crippen LogP contribution in [0.25, 0.3) is 0 Å². The topological polar surface area (TPSA) is 38.5 Å². The molecule has 3 rings (SSSR count). The molecule has 4 atom stereocenters. The SMILES string of the molecule is NCC1CCCC1N1CC2CCC(C1)O2. The Morgan fingerprint density at radius 1 is 1.07 bits per heavy atom. The van der Waals surface area contributed by atoms with Crippen LogP contribution in [0.4, 0.5) is 0 Å². The fourth-order valence-corrected chi connectivity index (χ4v) is 3.69. The van der Waals surface area contributed by atoms with E-state index < -0.39 is 0 Å². The molecule has 15 heavy (non-hydrogen) atoms. The molecule has 0 amide bonds. The zero-order valence-electron chi connectivity index (χ0n) is 9.40. The summed E-state index contributed by atoms with van der Waals surface area (Å²) in [5.41, 5.74) is 5.86. The van der Waals surface area contributed by atoms with Gasteiger partial charge in [0.2, 0.25) is 0 Å². The molecular weight excluding hydrogens is 188 g/mol. The van der Waals surface area contributed by atoms with Crippen molar-refractivity contribution in [3.8, 4) is 0 Å². The van der Waals surface area contributed by atoms with Crippen LogP contribution in [0, 0.1) is 5.92 Å². The molecule has 4 unspecified atom stereocenters. The Hall–Kier alpha value is -0.120. The first-order valence-corrected chi connectivity index (χ1v) is 6.46. The number of likely N-dealkylation sites (tertiary alicyclic amines) is 1. The highest BCUT2D eigenvalue weighted by Crippen LogP contribution is 2.34. The second-order valence-electron chi connectivity index (χ2n) is 5.41. The summed E-state index contributed by atoms with van der Waals surface area (Å²) >= 11 is 0. The van der Waals surface area contributed by atoms with E-state index in [1.54, 1.807) is 0 Å². The van der Waals surface area contributed by atoms with Gasteiger partial charge < -0.3 is 10.5 Å². The van der Waals surface area contributed by atoms with Crippen molar-refractivity contribution in [2.45, 2.75) is 50.4 Å². The second kappa shape index (κ2) is 4.04. The van der Waals surface area contributed by atoms with Crippen molar-refractivity contribution in [2.75, 3.05) is 19.6 Å². The summed E-state index contributed by atoms with van der Waals surface area (Å²) in [6.45, 7) is 3.20. The minimum Gasteiger partial charge on any atom is -0.372 e. The second-order valence-corrected chi connectivity index (χ2v) is 5.41. The Kier molecular flexibility index (Phi) is 2.71. The van der Waals surface area contributed by atoms with Gasteiger partial charge in [-0.2, -0.15) is 0 Å². The van der Waals surface area contributed by atoms with E-state index in [-0.39, 0.29) is 0 Å². The number of fused-ring (bicyclic) bond motifs is 2. The molecule has 3 heteroatoms. The Balaban J connectivity index is 1.66. The lowest BCUT2D eigenvalue weighted by molar-refractivity contribution is -0.0572. The van der Waals surface area contributed by atoms with Crippen molar-refractivity contribution in [3.63, 3.8) is 0 Å². The fraction of sp³-hybridized carbons (Fsp3) is 1.00.